The van der Waals surface area contributed by atoms with E-state index in [2.05, 4.69) is 20.8 Å². The Bertz CT molecular complexity index is 599. The largest absolute Gasteiger partial charge is 0.508 e. The van der Waals surface area contributed by atoms with Crippen LogP contribution in [0.25, 0.3) is 5.69 Å². The standard InChI is InChI=1S/C13H17N5O2S/c1-3-9(2)14-12(20)8-21-13-15-16-17-18(13)10-4-6-11(19)7-5-10/h4-7,9,19H,3,8H2,1-2H3,(H,14,20). The van der Waals surface area contributed by atoms with Crippen molar-refractivity contribution in [2.45, 2.75) is 31.5 Å². The van der Waals surface area contributed by atoms with Gasteiger partial charge in [-0.3, -0.25) is 4.79 Å². The molecule has 0 aliphatic heterocycles. The van der Waals surface area contributed by atoms with E-state index >= 15 is 0 Å². The Labute approximate surface area is 126 Å². The summed E-state index contributed by atoms with van der Waals surface area (Å²) in [6, 6.07) is 6.68. The van der Waals surface area contributed by atoms with Crippen molar-refractivity contribution in [2.75, 3.05) is 5.75 Å². The lowest BCUT2D eigenvalue weighted by Crippen LogP contribution is -2.33. The molecule has 1 amide bonds. The van der Waals surface area contributed by atoms with Crippen molar-refractivity contribution in [2.24, 2.45) is 0 Å². The quantitative estimate of drug-likeness (QED) is 0.783. The van der Waals surface area contributed by atoms with Crippen LogP contribution < -0.4 is 5.32 Å². The summed E-state index contributed by atoms with van der Waals surface area (Å²) in [5.74, 6) is 0.381. The zero-order valence-electron chi connectivity index (χ0n) is 11.9. The highest BCUT2D eigenvalue weighted by Crippen LogP contribution is 2.19. The smallest absolute Gasteiger partial charge is 0.230 e. The number of carbonyl (C=O) groups is 1. The van der Waals surface area contributed by atoms with E-state index in [1.165, 1.54) is 16.4 Å². The number of nitrogens with zero attached hydrogens (tertiary/aromatic N) is 4. The predicted molar refractivity (Wildman–Crippen MR) is 79.4 cm³/mol. The van der Waals surface area contributed by atoms with Crippen molar-refractivity contribution in [3.8, 4) is 11.4 Å². The van der Waals surface area contributed by atoms with Crippen LogP contribution in [0, 0.1) is 0 Å². The predicted octanol–water partition coefficient (Wildman–Crippen LogP) is 1.37. The molecule has 1 aromatic carbocycles. The van der Waals surface area contributed by atoms with Gasteiger partial charge in [-0.05, 0) is 48.0 Å². The molecule has 8 heteroatoms. The number of hydrogen-bond donors (Lipinski definition) is 2. The average Bonchev–Trinajstić information content (AvgIpc) is 2.94. The Morgan fingerprint density at radius 3 is 2.81 bits per heavy atom. The summed E-state index contributed by atoms with van der Waals surface area (Å²) in [5.41, 5.74) is 0.725. The van der Waals surface area contributed by atoms with Gasteiger partial charge in [-0.2, -0.15) is 4.68 Å². The Morgan fingerprint density at radius 1 is 1.43 bits per heavy atom. The Morgan fingerprint density at radius 2 is 2.14 bits per heavy atom. The molecule has 2 rings (SSSR count). The summed E-state index contributed by atoms with van der Waals surface area (Å²) < 4.78 is 1.53. The topological polar surface area (TPSA) is 92.9 Å². The van der Waals surface area contributed by atoms with Gasteiger partial charge in [0.15, 0.2) is 0 Å². The molecule has 0 fully saturated rings. The van der Waals surface area contributed by atoms with Crippen molar-refractivity contribution >= 4 is 17.7 Å². The maximum absolute atomic E-state index is 11.8. The van der Waals surface area contributed by atoms with Crippen molar-refractivity contribution in [3.63, 3.8) is 0 Å². The summed E-state index contributed by atoms with van der Waals surface area (Å²) in [6.07, 6.45) is 0.891. The molecular formula is C13H17N5O2S. The first-order chi connectivity index (χ1) is 10.1. The van der Waals surface area contributed by atoms with Crippen LogP contribution in [0.2, 0.25) is 0 Å². The minimum Gasteiger partial charge on any atom is -0.508 e. The van der Waals surface area contributed by atoms with Crippen LogP contribution in [0.3, 0.4) is 0 Å². The summed E-state index contributed by atoms with van der Waals surface area (Å²) in [4.78, 5) is 11.8. The van der Waals surface area contributed by atoms with Crippen molar-refractivity contribution in [1.29, 1.82) is 0 Å². The fourth-order valence-electron chi connectivity index (χ4n) is 1.57. The van der Waals surface area contributed by atoms with Gasteiger partial charge in [0.2, 0.25) is 11.1 Å². The third-order valence-corrected chi connectivity index (χ3v) is 3.81. The summed E-state index contributed by atoms with van der Waals surface area (Å²) in [5, 5.41) is 24.1. The minimum atomic E-state index is -0.0467. The number of phenolic OH excluding ortho intramolecular Hbond substituents is 1. The third-order valence-electron chi connectivity index (χ3n) is 2.89. The average molecular weight is 307 g/mol. The van der Waals surface area contributed by atoms with E-state index in [9.17, 15) is 9.90 Å². The molecule has 1 aromatic heterocycles. The van der Waals surface area contributed by atoms with E-state index in [1.54, 1.807) is 24.3 Å². The molecule has 0 radical (unpaired) electrons. The van der Waals surface area contributed by atoms with Crippen LogP contribution in [-0.2, 0) is 4.79 Å². The van der Waals surface area contributed by atoms with Crippen molar-refractivity contribution in [3.05, 3.63) is 24.3 Å². The molecular weight excluding hydrogens is 290 g/mol. The van der Waals surface area contributed by atoms with Crippen LogP contribution in [-0.4, -0.2) is 43.0 Å². The van der Waals surface area contributed by atoms with Crippen molar-refractivity contribution < 1.29 is 9.90 Å². The Kier molecular flexibility index (Phi) is 5.15. The molecule has 0 aliphatic carbocycles. The Hall–Kier alpha value is -2.09. The fourth-order valence-corrected chi connectivity index (χ4v) is 2.28. The first-order valence-electron chi connectivity index (χ1n) is 6.60. The lowest BCUT2D eigenvalue weighted by atomic mass is 10.3. The molecule has 0 saturated carbocycles. The molecule has 21 heavy (non-hydrogen) atoms. The Balaban J connectivity index is 2.01. The first kappa shape index (κ1) is 15.3. The minimum absolute atomic E-state index is 0.0467. The highest BCUT2D eigenvalue weighted by molar-refractivity contribution is 7.99. The summed E-state index contributed by atoms with van der Waals surface area (Å²) in [6.45, 7) is 3.98. The summed E-state index contributed by atoms with van der Waals surface area (Å²) in [7, 11) is 0. The number of nitrogens with one attached hydrogen (secondary N) is 1. The molecule has 0 saturated heterocycles. The number of aromatic nitrogens is 4. The van der Waals surface area contributed by atoms with Crippen LogP contribution in [0.15, 0.2) is 29.4 Å². The van der Waals surface area contributed by atoms with Gasteiger partial charge in [-0.15, -0.1) is 5.10 Å². The lowest BCUT2D eigenvalue weighted by Gasteiger charge is -2.10. The molecule has 0 spiro atoms. The van der Waals surface area contributed by atoms with Gasteiger partial charge in [0.1, 0.15) is 5.75 Å². The van der Waals surface area contributed by atoms with E-state index < -0.39 is 0 Å². The van der Waals surface area contributed by atoms with Gasteiger partial charge in [0.25, 0.3) is 0 Å². The number of amides is 1. The molecule has 1 heterocycles. The first-order valence-corrected chi connectivity index (χ1v) is 7.58. The number of phenols is 1. The van der Waals surface area contributed by atoms with Gasteiger partial charge in [0.05, 0.1) is 11.4 Å². The highest BCUT2D eigenvalue weighted by Gasteiger charge is 2.12. The number of rotatable bonds is 6. The molecule has 1 atom stereocenters. The fraction of sp³-hybridized carbons (Fsp3) is 0.385. The second-order valence-corrected chi connectivity index (χ2v) is 5.50. The molecule has 7 nitrogen and oxygen atoms in total. The molecule has 2 aromatic rings. The third kappa shape index (κ3) is 4.19. The van der Waals surface area contributed by atoms with Crippen molar-refractivity contribution in [1.82, 2.24) is 25.5 Å². The van der Waals surface area contributed by atoms with Gasteiger partial charge in [-0.25, -0.2) is 0 Å². The van der Waals surface area contributed by atoms with E-state index in [4.69, 9.17) is 0 Å². The summed E-state index contributed by atoms with van der Waals surface area (Å²) >= 11 is 1.27. The number of carbonyl (C=O) groups excluding carboxylic acids is 1. The maximum atomic E-state index is 11.8. The number of benzene rings is 1. The second kappa shape index (κ2) is 7.07. The van der Waals surface area contributed by atoms with Crippen LogP contribution in [0.4, 0.5) is 0 Å². The van der Waals surface area contributed by atoms with Crippen LogP contribution in [0.5, 0.6) is 5.75 Å². The molecule has 1 unspecified atom stereocenters. The number of hydrogen-bond acceptors (Lipinski definition) is 6. The number of tetrazole rings is 1. The van der Waals surface area contributed by atoms with Gasteiger partial charge >= 0.3 is 0 Å². The van der Waals surface area contributed by atoms with E-state index in [1.807, 2.05) is 13.8 Å². The molecule has 0 bridgehead atoms. The van der Waals surface area contributed by atoms with E-state index in [-0.39, 0.29) is 23.5 Å². The highest BCUT2D eigenvalue weighted by atomic mass is 32.2. The maximum Gasteiger partial charge on any atom is 0.230 e. The zero-order valence-corrected chi connectivity index (χ0v) is 12.7. The molecule has 112 valence electrons. The number of aromatic hydroxyl groups is 1. The SMILES string of the molecule is CCC(C)NC(=O)CSc1nnnn1-c1ccc(O)cc1. The van der Waals surface area contributed by atoms with Crippen LogP contribution >= 0.6 is 11.8 Å². The zero-order chi connectivity index (χ0) is 15.2. The van der Waals surface area contributed by atoms with E-state index in [0.717, 1.165) is 12.1 Å². The molecule has 0 aliphatic rings. The number of thioether (sulfide) groups is 1. The van der Waals surface area contributed by atoms with Crippen LogP contribution in [0.1, 0.15) is 20.3 Å². The normalized spacial score (nSPS) is 12.1. The lowest BCUT2D eigenvalue weighted by molar-refractivity contribution is -0.119. The van der Waals surface area contributed by atoms with Gasteiger partial charge < -0.3 is 10.4 Å². The van der Waals surface area contributed by atoms with Gasteiger partial charge in [0, 0.05) is 6.04 Å². The van der Waals surface area contributed by atoms with Gasteiger partial charge in [-0.1, -0.05) is 18.7 Å². The van der Waals surface area contributed by atoms with E-state index in [0.29, 0.717) is 5.16 Å². The second-order valence-electron chi connectivity index (χ2n) is 4.56. The molecule has 2 N–H and O–H groups in total. The monoisotopic (exact) mass is 307 g/mol.